The van der Waals surface area contributed by atoms with Crippen molar-refractivity contribution in [3.8, 4) is 5.88 Å². The molecule has 1 aliphatic heterocycles. The topological polar surface area (TPSA) is 52.1 Å². The van der Waals surface area contributed by atoms with Gasteiger partial charge in [0.15, 0.2) is 5.78 Å². The van der Waals surface area contributed by atoms with Gasteiger partial charge >= 0.3 is 0 Å². The van der Waals surface area contributed by atoms with Gasteiger partial charge in [0.05, 0.1) is 12.1 Å². The molecule has 80 valence electrons. The normalized spacial score (nSPS) is 18.3. The molecule has 0 atom stereocenters. The van der Waals surface area contributed by atoms with Crippen LogP contribution in [0.5, 0.6) is 5.88 Å². The van der Waals surface area contributed by atoms with Gasteiger partial charge < -0.3 is 4.74 Å². The highest BCUT2D eigenvalue weighted by molar-refractivity contribution is 6.00. The Morgan fingerprint density at radius 2 is 1.93 bits per heavy atom. The lowest BCUT2D eigenvalue weighted by Crippen LogP contribution is -2.37. The summed E-state index contributed by atoms with van der Waals surface area (Å²) in [6.45, 7) is 7.39. The maximum absolute atomic E-state index is 11.9. The third kappa shape index (κ3) is 1.71. The first kappa shape index (κ1) is 10.1. The Morgan fingerprint density at radius 3 is 2.60 bits per heavy atom. The molecule has 1 aromatic heterocycles. The maximum Gasteiger partial charge on any atom is 0.228 e. The van der Waals surface area contributed by atoms with Crippen molar-refractivity contribution < 1.29 is 9.53 Å². The summed E-state index contributed by atoms with van der Waals surface area (Å²) in [5.41, 5.74) is 0.787. The summed E-state index contributed by atoms with van der Waals surface area (Å²) in [6, 6.07) is 0. The summed E-state index contributed by atoms with van der Waals surface area (Å²) in [6.07, 6.45) is 0.382. The number of ether oxygens (including phenoxy) is 1. The molecule has 0 aliphatic carbocycles. The fraction of sp³-hybridized carbons (Fsp3) is 0.545. The Labute approximate surface area is 88.7 Å². The molecule has 4 nitrogen and oxygen atoms in total. The number of carbonyl (C=O) groups is 1. The van der Waals surface area contributed by atoms with Crippen LogP contribution in [0.25, 0.3) is 0 Å². The molecular formula is C11H14N2O2. The van der Waals surface area contributed by atoms with Gasteiger partial charge in [0.25, 0.3) is 0 Å². The second-order valence-corrected chi connectivity index (χ2v) is 4.50. The fourth-order valence-corrected chi connectivity index (χ4v) is 1.85. The van der Waals surface area contributed by atoms with Crippen LogP contribution in [0.4, 0.5) is 0 Å². The first-order valence-corrected chi connectivity index (χ1v) is 4.96. The van der Waals surface area contributed by atoms with E-state index in [9.17, 15) is 4.79 Å². The molecule has 0 radical (unpaired) electrons. The second-order valence-electron chi connectivity index (χ2n) is 4.50. The summed E-state index contributed by atoms with van der Waals surface area (Å²) in [5.74, 6) is 1.14. The third-order valence-corrected chi connectivity index (χ3v) is 2.41. The quantitative estimate of drug-likeness (QED) is 0.650. The minimum absolute atomic E-state index is 0.0683. The zero-order valence-electron chi connectivity index (χ0n) is 9.42. The zero-order valence-corrected chi connectivity index (χ0v) is 9.42. The molecule has 0 aromatic carbocycles. The van der Waals surface area contributed by atoms with Crippen LogP contribution >= 0.6 is 0 Å². The van der Waals surface area contributed by atoms with Crippen molar-refractivity contribution in [3.63, 3.8) is 0 Å². The van der Waals surface area contributed by atoms with E-state index in [0.717, 1.165) is 0 Å². The van der Waals surface area contributed by atoms with Crippen molar-refractivity contribution in [2.45, 2.75) is 39.7 Å². The molecule has 15 heavy (non-hydrogen) atoms. The molecule has 0 bridgehead atoms. The minimum Gasteiger partial charge on any atom is -0.471 e. The molecule has 1 aliphatic rings. The zero-order chi connectivity index (χ0) is 11.2. The highest BCUT2D eigenvalue weighted by atomic mass is 16.5. The number of aromatic nitrogens is 2. The van der Waals surface area contributed by atoms with E-state index in [1.807, 2.05) is 20.8 Å². The number of hydrogen-bond acceptors (Lipinski definition) is 4. The van der Waals surface area contributed by atoms with Gasteiger partial charge in [-0.15, -0.1) is 0 Å². The van der Waals surface area contributed by atoms with E-state index in [2.05, 4.69) is 9.97 Å². The first-order valence-electron chi connectivity index (χ1n) is 4.96. The number of carbonyl (C=O) groups excluding carboxylic acids is 1. The Balaban J connectivity index is 2.60. The van der Waals surface area contributed by atoms with Gasteiger partial charge in [-0.25, -0.2) is 4.98 Å². The lowest BCUT2D eigenvalue weighted by molar-refractivity contribution is 0.0585. The van der Waals surface area contributed by atoms with Gasteiger partial charge in [0.1, 0.15) is 17.0 Å². The third-order valence-electron chi connectivity index (χ3n) is 2.41. The number of nitrogens with zero attached hydrogens (tertiary/aromatic N) is 2. The van der Waals surface area contributed by atoms with Crippen LogP contribution in [0, 0.1) is 13.8 Å². The van der Waals surface area contributed by atoms with Crippen molar-refractivity contribution in [2.24, 2.45) is 0 Å². The number of Topliss-reactive ketones (excluding diaryl/α,β-unsaturated/α-hetero) is 1. The number of fused-ring (bicyclic) bond motifs is 1. The number of aryl methyl sites for hydroxylation is 2. The van der Waals surface area contributed by atoms with Crippen molar-refractivity contribution in [2.75, 3.05) is 0 Å². The van der Waals surface area contributed by atoms with E-state index in [1.54, 1.807) is 6.92 Å². The molecule has 2 heterocycles. The van der Waals surface area contributed by atoms with Gasteiger partial charge in [-0.1, -0.05) is 0 Å². The van der Waals surface area contributed by atoms with Crippen molar-refractivity contribution in [3.05, 3.63) is 17.1 Å². The summed E-state index contributed by atoms with van der Waals surface area (Å²) in [5, 5.41) is 0. The SMILES string of the molecule is Cc1nc(C)c2c(n1)OC(C)(C)CC2=O. The highest BCUT2D eigenvalue weighted by Gasteiger charge is 2.35. The lowest BCUT2D eigenvalue weighted by atomic mass is 9.94. The van der Waals surface area contributed by atoms with E-state index >= 15 is 0 Å². The van der Waals surface area contributed by atoms with E-state index in [1.165, 1.54) is 0 Å². The van der Waals surface area contributed by atoms with Crippen LogP contribution in [-0.2, 0) is 0 Å². The van der Waals surface area contributed by atoms with Gasteiger partial charge in [-0.05, 0) is 27.7 Å². The highest BCUT2D eigenvalue weighted by Crippen LogP contribution is 2.32. The monoisotopic (exact) mass is 206 g/mol. The van der Waals surface area contributed by atoms with Gasteiger partial charge in [0.2, 0.25) is 5.88 Å². The Kier molecular flexibility index (Phi) is 2.03. The molecule has 0 N–H and O–H groups in total. The smallest absolute Gasteiger partial charge is 0.228 e. The Morgan fingerprint density at radius 1 is 1.27 bits per heavy atom. The molecule has 0 spiro atoms. The average Bonchev–Trinajstić information content (AvgIpc) is 1.97. The van der Waals surface area contributed by atoms with Crippen LogP contribution in [0.3, 0.4) is 0 Å². The predicted octanol–water partition coefficient (Wildman–Crippen LogP) is 1.84. The van der Waals surface area contributed by atoms with Gasteiger partial charge in [-0.2, -0.15) is 4.98 Å². The lowest BCUT2D eigenvalue weighted by Gasteiger charge is -2.31. The Bertz CT molecular complexity index is 438. The predicted molar refractivity (Wildman–Crippen MR) is 55.2 cm³/mol. The van der Waals surface area contributed by atoms with Crippen LogP contribution in [0.15, 0.2) is 0 Å². The molecule has 0 unspecified atom stereocenters. The van der Waals surface area contributed by atoms with Gasteiger partial charge in [0, 0.05) is 0 Å². The van der Waals surface area contributed by atoms with Crippen molar-refractivity contribution >= 4 is 5.78 Å². The molecule has 0 amide bonds. The van der Waals surface area contributed by atoms with Crippen LogP contribution in [0.1, 0.15) is 42.1 Å². The fourth-order valence-electron chi connectivity index (χ4n) is 1.85. The second kappa shape index (κ2) is 3.02. The van der Waals surface area contributed by atoms with Gasteiger partial charge in [-0.3, -0.25) is 4.79 Å². The van der Waals surface area contributed by atoms with E-state index in [4.69, 9.17) is 4.74 Å². The van der Waals surface area contributed by atoms with Crippen LogP contribution < -0.4 is 4.74 Å². The molecule has 4 heteroatoms. The maximum atomic E-state index is 11.9. The molecule has 2 rings (SSSR count). The van der Waals surface area contributed by atoms with E-state index in [-0.39, 0.29) is 5.78 Å². The molecule has 0 saturated carbocycles. The number of rotatable bonds is 0. The van der Waals surface area contributed by atoms with Crippen molar-refractivity contribution in [1.29, 1.82) is 0 Å². The van der Waals surface area contributed by atoms with E-state index in [0.29, 0.717) is 29.4 Å². The van der Waals surface area contributed by atoms with Crippen LogP contribution in [0.2, 0.25) is 0 Å². The first-order chi connectivity index (χ1) is 6.89. The summed E-state index contributed by atoms with van der Waals surface area (Å²) in [7, 11) is 0. The summed E-state index contributed by atoms with van der Waals surface area (Å²) < 4.78 is 5.68. The Hall–Kier alpha value is -1.45. The van der Waals surface area contributed by atoms with Crippen LogP contribution in [-0.4, -0.2) is 21.4 Å². The molecule has 0 fully saturated rings. The summed E-state index contributed by atoms with van der Waals surface area (Å²) >= 11 is 0. The molecule has 1 aromatic rings. The summed E-state index contributed by atoms with van der Waals surface area (Å²) in [4.78, 5) is 20.2. The molecular weight excluding hydrogens is 192 g/mol. The van der Waals surface area contributed by atoms with E-state index < -0.39 is 5.60 Å². The number of ketones is 1. The standard InChI is InChI=1S/C11H14N2O2/c1-6-9-8(14)5-11(3,4)15-10(9)13-7(2)12-6/h5H2,1-4H3. The molecule has 0 saturated heterocycles. The minimum atomic E-state index is -0.461. The number of hydrogen-bond donors (Lipinski definition) is 0. The average molecular weight is 206 g/mol. The largest absolute Gasteiger partial charge is 0.471 e. The van der Waals surface area contributed by atoms with Crippen molar-refractivity contribution in [1.82, 2.24) is 9.97 Å².